The third kappa shape index (κ3) is 1.87. The molecule has 1 aromatic carbocycles. The smallest absolute Gasteiger partial charge is 0.258 e. The van der Waals surface area contributed by atoms with Gasteiger partial charge >= 0.3 is 0 Å². The predicted octanol–water partition coefficient (Wildman–Crippen LogP) is 3.09. The Morgan fingerprint density at radius 1 is 1.31 bits per heavy atom. The summed E-state index contributed by atoms with van der Waals surface area (Å²) in [5, 5.41) is 15.1. The van der Waals surface area contributed by atoms with Gasteiger partial charge in [-0.3, -0.25) is 10.1 Å². The molecule has 7 heteroatoms. The fraction of sp³-hybridized carbons (Fsp3) is 0. The topological polar surface area (TPSA) is 61.0 Å². The van der Waals surface area contributed by atoms with Gasteiger partial charge in [0.1, 0.15) is 5.69 Å². The average molecular weight is 258 g/mol. The number of nitro groups is 1. The van der Waals surface area contributed by atoms with Crippen molar-refractivity contribution < 1.29 is 4.92 Å². The Morgan fingerprint density at radius 3 is 2.56 bits per heavy atom. The lowest BCUT2D eigenvalue weighted by Gasteiger charge is -2.04. The number of aromatic nitrogens is 2. The number of rotatable bonds is 2. The number of hydrogen-bond donors (Lipinski definition) is 0. The molecule has 0 radical (unpaired) electrons. The van der Waals surface area contributed by atoms with E-state index in [1.54, 1.807) is 12.3 Å². The summed E-state index contributed by atoms with van der Waals surface area (Å²) in [5.74, 6) is 0. The number of nitro benzene ring substituents is 1. The summed E-state index contributed by atoms with van der Waals surface area (Å²) in [6.07, 6.45) is 3.11. The summed E-state index contributed by atoms with van der Waals surface area (Å²) in [4.78, 5) is 10.3. The van der Waals surface area contributed by atoms with Crippen molar-refractivity contribution >= 4 is 28.9 Å². The van der Waals surface area contributed by atoms with E-state index in [0.29, 0.717) is 0 Å². The second-order valence-corrected chi connectivity index (χ2v) is 3.78. The molecular weight excluding hydrogens is 253 g/mol. The minimum Gasteiger partial charge on any atom is -0.258 e. The van der Waals surface area contributed by atoms with Crippen molar-refractivity contribution in [1.29, 1.82) is 0 Å². The molecule has 0 bridgehead atoms. The van der Waals surface area contributed by atoms with Crippen molar-refractivity contribution in [2.24, 2.45) is 0 Å². The van der Waals surface area contributed by atoms with Crippen molar-refractivity contribution in [2.45, 2.75) is 0 Å². The van der Waals surface area contributed by atoms with E-state index >= 15 is 0 Å². The van der Waals surface area contributed by atoms with Crippen molar-refractivity contribution in [3.63, 3.8) is 0 Å². The van der Waals surface area contributed by atoms with E-state index in [4.69, 9.17) is 23.2 Å². The zero-order valence-corrected chi connectivity index (χ0v) is 9.31. The Balaban J connectivity index is 2.68. The van der Waals surface area contributed by atoms with Crippen LogP contribution >= 0.6 is 23.2 Å². The lowest BCUT2D eigenvalue weighted by molar-refractivity contribution is -0.384. The molecule has 0 N–H and O–H groups in total. The van der Waals surface area contributed by atoms with E-state index in [1.165, 1.54) is 23.0 Å². The van der Waals surface area contributed by atoms with E-state index in [1.807, 2.05) is 0 Å². The predicted molar refractivity (Wildman–Crippen MR) is 60.2 cm³/mol. The van der Waals surface area contributed by atoms with Crippen LogP contribution in [0, 0.1) is 10.1 Å². The van der Waals surface area contributed by atoms with E-state index in [9.17, 15) is 10.1 Å². The van der Waals surface area contributed by atoms with Gasteiger partial charge in [0.15, 0.2) is 0 Å². The Hall–Kier alpha value is -1.59. The maximum atomic E-state index is 10.8. The summed E-state index contributed by atoms with van der Waals surface area (Å²) in [7, 11) is 0. The Morgan fingerprint density at radius 2 is 2.00 bits per heavy atom. The summed E-state index contributed by atoms with van der Waals surface area (Å²) in [6.45, 7) is 0. The molecule has 0 aliphatic heterocycles. The van der Waals surface area contributed by atoms with Crippen LogP contribution in [-0.4, -0.2) is 14.7 Å². The van der Waals surface area contributed by atoms with Crippen LogP contribution in [0.4, 0.5) is 5.69 Å². The van der Waals surface area contributed by atoms with Crippen LogP contribution < -0.4 is 0 Å². The van der Waals surface area contributed by atoms with Gasteiger partial charge in [-0.2, -0.15) is 5.10 Å². The first kappa shape index (κ1) is 10.9. The van der Waals surface area contributed by atoms with Gasteiger partial charge in [0.2, 0.25) is 0 Å². The summed E-state index contributed by atoms with van der Waals surface area (Å²) in [6, 6.07) is 4.28. The monoisotopic (exact) mass is 257 g/mol. The summed E-state index contributed by atoms with van der Waals surface area (Å²) in [5.41, 5.74) is 0.141. The van der Waals surface area contributed by atoms with E-state index < -0.39 is 4.92 Å². The molecule has 2 aromatic rings. The van der Waals surface area contributed by atoms with Gasteiger partial charge in [-0.1, -0.05) is 23.2 Å². The van der Waals surface area contributed by atoms with Gasteiger partial charge in [-0.15, -0.1) is 0 Å². The van der Waals surface area contributed by atoms with Crippen molar-refractivity contribution in [1.82, 2.24) is 9.78 Å². The van der Waals surface area contributed by atoms with E-state index in [-0.39, 0.29) is 21.4 Å². The maximum Gasteiger partial charge on any atom is 0.296 e. The zero-order valence-electron chi connectivity index (χ0n) is 7.80. The van der Waals surface area contributed by atoms with Gasteiger partial charge in [-0.05, 0) is 12.1 Å². The SMILES string of the molecule is O=[N+]([O-])c1cc(Cl)c(Cl)cc1-n1cccn1. The second-order valence-electron chi connectivity index (χ2n) is 2.96. The highest BCUT2D eigenvalue weighted by Gasteiger charge is 2.18. The van der Waals surface area contributed by atoms with Crippen molar-refractivity contribution in [2.75, 3.05) is 0 Å². The Kier molecular flexibility index (Phi) is 2.80. The Labute approximate surface area is 100 Å². The standard InChI is InChI=1S/C9H5Cl2N3O2/c10-6-4-8(13-3-1-2-12-13)9(14(15)16)5-7(6)11/h1-5H. The van der Waals surface area contributed by atoms with Gasteiger partial charge in [0.05, 0.1) is 15.0 Å². The lowest BCUT2D eigenvalue weighted by Crippen LogP contribution is -2.00. The minimum atomic E-state index is -0.529. The van der Waals surface area contributed by atoms with Crippen LogP contribution in [0.15, 0.2) is 30.6 Å². The minimum absolute atomic E-state index is 0.141. The van der Waals surface area contributed by atoms with Crippen LogP contribution in [0.25, 0.3) is 5.69 Å². The number of benzene rings is 1. The molecule has 82 valence electrons. The highest BCUT2D eigenvalue weighted by Crippen LogP contribution is 2.32. The van der Waals surface area contributed by atoms with Crippen molar-refractivity contribution in [3.05, 3.63) is 50.8 Å². The summed E-state index contributed by atoms with van der Waals surface area (Å²) < 4.78 is 1.36. The average Bonchev–Trinajstić information content (AvgIpc) is 2.74. The van der Waals surface area contributed by atoms with Gasteiger partial charge in [0.25, 0.3) is 5.69 Å². The fourth-order valence-corrected chi connectivity index (χ4v) is 1.58. The normalized spacial score (nSPS) is 10.4. The molecule has 0 saturated carbocycles. The largest absolute Gasteiger partial charge is 0.296 e. The maximum absolute atomic E-state index is 10.8. The van der Waals surface area contributed by atoms with Crippen LogP contribution in [-0.2, 0) is 0 Å². The molecule has 0 atom stereocenters. The first-order chi connectivity index (χ1) is 7.59. The second kappa shape index (κ2) is 4.11. The van der Waals surface area contributed by atoms with Crippen LogP contribution in [0.3, 0.4) is 0 Å². The first-order valence-electron chi connectivity index (χ1n) is 4.23. The third-order valence-corrected chi connectivity index (χ3v) is 2.69. The van der Waals surface area contributed by atoms with Crippen LogP contribution in [0.5, 0.6) is 0 Å². The molecule has 1 aromatic heterocycles. The first-order valence-corrected chi connectivity index (χ1v) is 4.98. The highest BCUT2D eigenvalue weighted by atomic mass is 35.5. The van der Waals surface area contributed by atoms with Crippen molar-refractivity contribution in [3.8, 4) is 5.69 Å². The van der Waals surface area contributed by atoms with Crippen LogP contribution in [0.1, 0.15) is 0 Å². The Bertz CT molecular complexity index is 540. The highest BCUT2D eigenvalue weighted by molar-refractivity contribution is 6.42. The molecule has 0 aliphatic rings. The molecule has 0 aliphatic carbocycles. The molecule has 1 heterocycles. The zero-order chi connectivity index (χ0) is 11.7. The number of halogens is 2. The van der Waals surface area contributed by atoms with Gasteiger partial charge in [0, 0.05) is 18.5 Å². The molecular formula is C9H5Cl2N3O2. The quantitative estimate of drug-likeness (QED) is 0.614. The van der Waals surface area contributed by atoms with E-state index in [2.05, 4.69) is 5.10 Å². The van der Waals surface area contributed by atoms with Gasteiger partial charge in [-0.25, -0.2) is 4.68 Å². The third-order valence-electron chi connectivity index (χ3n) is 1.97. The molecule has 0 saturated heterocycles. The molecule has 0 spiro atoms. The number of hydrogen-bond acceptors (Lipinski definition) is 3. The number of nitrogens with zero attached hydrogens (tertiary/aromatic N) is 3. The molecule has 0 unspecified atom stereocenters. The fourth-order valence-electron chi connectivity index (χ4n) is 1.27. The molecule has 16 heavy (non-hydrogen) atoms. The molecule has 2 rings (SSSR count). The van der Waals surface area contributed by atoms with E-state index in [0.717, 1.165) is 0 Å². The molecule has 0 amide bonds. The van der Waals surface area contributed by atoms with Crippen LogP contribution in [0.2, 0.25) is 10.0 Å². The lowest BCUT2D eigenvalue weighted by atomic mass is 10.2. The van der Waals surface area contributed by atoms with Gasteiger partial charge < -0.3 is 0 Å². The molecule has 5 nitrogen and oxygen atoms in total. The summed E-state index contributed by atoms with van der Waals surface area (Å²) >= 11 is 11.5. The molecule has 0 fully saturated rings.